The van der Waals surface area contributed by atoms with Crippen molar-refractivity contribution in [2.24, 2.45) is 0 Å². The van der Waals surface area contributed by atoms with Gasteiger partial charge in [0.05, 0.1) is 0 Å². The van der Waals surface area contributed by atoms with Crippen LogP contribution in [-0.4, -0.2) is 46.9 Å². The molecule has 2 N–H and O–H groups in total. The Morgan fingerprint density at radius 1 is 1.16 bits per heavy atom. The highest BCUT2D eigenvalue weighted by molar-refractivity contribution is 5.83. The van der Waals surface area contributed by atoms with Crippen LogP contribution in [0.4, 0.5) is 0 Å². The van der Waals surface area contributed by atoms with Gasteiger partial charge in [-0.15, -0.1) is 0 Å². The van der Waals surface area contributed by atoms with Crippen molar-refractivity contribution in [3.8, 4) is 0 Å². The number of aryl methyl sites for hydroxylation is 2. The van der Waals surface area contributed by atoms with Gasteiger partial charge in [-0.1, -0.05) is 29.8 Å². The molecule has 6 heteroatoms. The number of carbonyl (C=O) groups excluding carboxylic acids is 2. The molecule has 6 nitrogen and oxygen atoms in total. The molecule has 0 fully saturated rings. The summed E-state index contributed by atoms with van der Waals surface area (Å²) in [5.74, 6) is -1.44. The standard InChI is InChI=1S/C19H28N2O4/c1-14-8-10-17(11-9-14)6-4-5-7-18(23)21(15(2)19(24)25)13-12-20-16(3)22/h8-11,15H,4-7,12-13H2,1-3H3,(H,20,22)(H,24,25). The summed E-state index contributed by atoms with van der Waals surface area (Å²) < 4.78 is 0. The molecule has 0 aliphatic heterocycles. The molecule has 0 spiro atoms. The van der Waals surface area contributed by atoms with E-state index in [9.17, 15) is 19.5 Å². The topological polar surface area (TPSA) is 86.7 Å². The lowest BCUT2D eigenvalue weighted by molar-refractivity contribution is -0.149. The Morgan fingerprint density at radius 3 is 2.36 bits per heavy atom. The molecule has 25 heavy (non-hydrogen) atoms. The van der Waals surface area contributed by atoms with Crippen LogP contribution in [0, 0.1) is 6.92 Å². The van der Waals surface area contributed by atoms with Gasteiger partial charge in [0.25, 0.3) is 0 Å². The van der Waals surface area contributed by atoms with Gasteiger partial charge in [0.2, 0.25) is 11.8 Å². The molecule has 1 unspecified atom stereocenters. The Bertz CT molecular complexity index is 584. The van der Waals surface area contributed by atoms with E-state index in [2.05, 4.69) is 29.6 Å². The van der Waals surface area contributed by atoms with Crippen LogP contribution < -0.4 is 5.32 Å². The van der Waals surface area contributed by atoms with E-state index in [0.29, 0.717) is 12.8 Å². The molecule has 2 amide bonds. The normalized spacial score (nSPS) is 11.6. The molecule has 0 radical (unpaired) electrons. The maximum atomic E-state index is 12.4. The highest BCUT2D eigenvalue weighted by Gasteiger charge is 2.24. The highest BCUT2D eigenvalue weighted by Crippen LogP contribution is 2.10. The molecule has 1 aromatic carbocycles. The number of carboxylic acid groups (broad SMARTS) is 1. The van der Waals surface area contributed by atoms with Crippen LogP contribution in [-0.2, 0) is 20.8 Å². The molecular formula is C19H28N2O4. The summed E-state index contributed by atoms with van der Waals surface area (Å²) in [5.41, 5.74) is 2.45. The molecular weight excluding hydrogens is 320 g/mol. The second kappa shape index (κ2) is 10.5. The Kier molecular flexibility index (Phi) is 8.67. The van der Waals surface area contributed by atoms with Gasteiger partial charge in [-0.2, -0.15) is 0 Å². The van der Waals surface area contributed by atoms with Gasteiger partial charge in [-0.05, 0) is 38.7 Å². The summed E-state index contributed by atoms with van der Waals surface area (Å²) in [6, 6.07) is 7.41. The van der Waals surface area contributed by atoms with Crippen LogP contribution >= 0.6 is 0 Å². The molecule has 0 saturated heterocycles. The molecule has 1 aromatic rings. The van der Waals surface area contributed by atoms with Gasteiger partial charge in [0.15, 0.2) is 0 Å². The fraction of sp³-hybridized carbons (Fsp3) is 0.526. The predicted molar refractivity (Wildman–Crippen MR) is 96.2 cm³/mol. The number of carbonyl (C=O) groups is 3. The third-order valence-electron chi connectivity index (χ3n) is 4.10. The average molecular weight is 348 g/mol. The molecule has 0 heterocycles. The Labute approximate surface area is 149 Å². The number of nitrogens with one attached hydrogen (secondary N) is 1. The number of nitrogens with zero attached hydrogens (tertiary/aromatic N) is 1. The minimum atomic E-state index is -1.05. The van der Waals surface area contributed by atoms with Crippen molar-refractivity contribution in [2.75, 3.05) is 13.1 Å². The molecule has 138 valence electrons. The molecule has 0 saturated carbocycles. The smallest absolute Gasteiger partial charge is 0.326 e. The monoisotopic (exact) mass is 348 g/mol. The van der Waals surface area contributed by atoms with Crippen LogP contribution in [0.2, 0.25) is 0 Å². The zero-order chi connectivity index (χ0) is 18.8. The molecule has 1 rings (SSSR count). The van der Waals surface area contributed by atoms with Crippen LogP contribution in [0.25, 0.3) is 0 Å². The van der Waals surface area contributed by atoms with Crippen LogP contribution in [0.1, 0.15) is 44.2 Å². The zero-order valence-corrected chi connectivity index (χ0v) is 15.2. The molecule has 0 aromatic heterocycles. The van der Waals surface area contributed by atoms with Crippen LogP contribution in [0.5, 0.6) is 0 Å². The number of aliphatic carboxylic acids is 1. The quantitative estimate of drug-likeness (QED) is 0.634. The zero-order valence-electron chi connectivity index (χ0n) is 15.2. The minimum Gasteiger partial charge on any atom is -0.480 e. The fourth-order valence-electron chi connectivity index (χ4n) is 2.52. The van der Waals surface area contributed by atoms with E-state index in [1.165, 1.54) is 29.9 Å². The first-order valence-electron chi connectivity index (χ1n) is 8.63. The lowest BCUT2D eigenvalue weighted by Gasteiger charge is -2.26. The fourth-order valence-corrected chi connectivity index (χ4v) is 2.52. The van der Waals surface area contributed by atoms with Crippen molar-refractivity contribution in [2.45, 2.75) is 52.5 Å². The van der Waals surface area contributed by atoms with Gasteiger partial charge < -0.3 is 15.3 Å². The molecule has 0 aliphatic carbocycles. The maximum absolute atomic E-state index is 12.4. The first kappa shape index (κ1) is 20.7. The minimum absolute atomic E-state index is 0.191. The van der Waals surface area contributed by atoms with Crippen molar-refractivity contribution in [1.29, 1.82) is 0 Å². The van der Waals surface area contributed by atoms with Crippen molar-refractivity contribution >= 4 is 17.8 Å². The second-order valence-corrected chi connectivity index (χ2v) is 6.28. The predicted octanol–water partition coefficient (Wildman–Crippen LogP) is 2.15. The van der Waals surface area contributed by atoms with Gasteiger partial charge >= 0.3 is 5.97 Å². The maximum Gasteiger partial charge on any atom is 0.326 e. The number of hydrogen-bond donors (Lipinski definition) is 2. The van der Waals surface area contributed by atoms with Crippen LogP contribution in [0.15, 0.2) is 24.3 Å². The van der Waals surface area contributed by atoms with Gasteiger partial charge in [0, 0.05) is 26.4 Å². The molecule has 1 atom stereocenters. The van der Waals surface area contributed by atoms with Gasteiger partial charge in [-0.25, -0.2) is 4.79 Å². The van der Waals surface area contributed by atoms with Gasteiger partial charge in [-0.3, -0.25) is 9.59 Å². The van der Waals surface area contributed by atoms with E-state index in [4.69, 9.17) is 0 Å². The lowest BCUT2D eigenvalue weighted by Crippen LogP contribution is -2.46. The summed E-state index contributed by atoms with van der Waals surface area (Å²) in [7, 11) is 0. The van der Waals surface area contributed by atoms with E-state index < -0.39 is 12.0 Å². The van der Waals surface area contributed by atoms with Crippen molar-refractivity contribution < 1.29 is 19.5 Å². The van der Waals surface area contributed by atoms with E-state index in [-0.39, 0.29) is 24.9 Å². The second-order valence-electron chi connectivity index (χ2n) is 6.28. The lowest BCUT2D eigenvalue weighted by atomic mass is 10.1. The third-order valence-corrected chi connectivity index (χ3v) is 4.10. The Morgan fingerprint density at radius 2 is 1.80 bits per heavy atom. The largest absolute Gasteiger partial charge is 0.480 e. The number of carboxylic acids is 1. The van der Waals surface area contributed by atoms with Crippen molar-refractivity contribution in [3.05, 3.63) is 35.4 Å². The molecule has 0 aliphatic rings. The van der Waals surface area contributed by atoms with E-state index in [0.717, 1.165) is 12.8 Å². The number of unbranched alkanes of at least 4 members (excludes halogenated alkanes) is 1. The summed E-state index contributed by atoms with van der Waals surface area (Å²) in [6.45, 7) is 5.37. The van der Waals surface area contributed by atoms with E-state index >= 15 is 0 Å². The number of rotatable bonds is 10. The number of benzene rings is 1. The van der Waals surface area contributed by atoms with E-state index in [1.807, 2.05) is 6.92 Å². The summed E-state index contributed by atoms with van der Waals surface area (Å²) in [6.07, 6.45) is 2.78. The summed E-state index contributed by atoms with van der Waals surface area (Å²) >= 11 is 0. The van der Waals surface area contributed by atoms with Gasteiger partial charge in [0.1, 0.15) is 6.04 Å². The Balaban J connectivity index is 2.45. The first-order chi connectivity index (χ1) is 11.8. The number of hydrogen-bond acceptors (Lipinski definition) is 3. The Hall–Kier alpha value is -2.37. The first-order valence-corrected chi connectivity index (χ1v) is 8.63. The summed E-state index contributed by atoms with van der Waals surface area (Å²) in [4.78, 5) is 35.8. The van der Waals surface area contributed by atoms with E-state index in [1.54, 1.807) is 0 Å². The average Bonchev–Trinajstić information content (AvgIpc) is 2.56. The number of amides is 2. The van der Waals surface area contributed by atoms with Crippen molar-refractivity contribution in [3.63, 3.8) is 0 Å². The van der Waals surface area contributed by atoms with Crippen molar-refractivity contribution in [1.82, 2.24) is 10.2 Å². The SMILES string of the molecule is CC(=O)NCCN(C(=O)CCCCc1ccc(C)cc1)C(C)C(=O)O. The third kappa shape index (κ3) is 7.83. The molecule has 0 bridgehead atoms. The van der Waals surface area contributed by atoms with Crippen LogP contribution in [0.3, 0.4) is 0 Å². The summed E-state index contributed by atoms with van der Waals surface area (Å²) in [5, 5.41) is 11.8. The highest BCUT2D eigenvalue weighted by atomic mass is 16.4.